The van der Waals surface area contributed by atoms with Crippen LogP contribution in [0.4, 0.5) is 0 Å². The first kappa shape index (κ1) is 15.0. The Labute approximate surface area is 130 Å². The molecule has 2 atom stereocenters. The molecule has 5 heteroatoms. The molecule has 1 aromatic carbocycles. The summed E-state index contributed by atoms with van der Waals surface area (Å²) in [5.41, 5.74) is 1.27. The Hall–Kier alpha value is -0.910. The van der Waals surface area contributed by atoms with E-state index in [1.54, 1.807) is 11.3 Å². The summed E-state index contributed by atoms with van der Waals surface area (Å²) in [6, 6.07) is 8.54. The van der Waals surface area contributed by atoms with Crippen LogP contribution in [0.1, 0.15) is 31.4 Å². The van der Waals surface area contributed by atoms with Gasteiger partial charge in [0, 0.05) is 10.7 Å². The van der Waals surface area contributed by atoms with Crippen molar-refractivity contribution >= 4 is 31.3 Å². The van der Waals surface area contributed by atoms with Crippen molar-refractivity contribution in [1.29, 1.82) is 0 Å². The predicted octanol–water partition coefficient (Wildman–Crippen LogP) is 3.38. The van der Waals surface area contributed by atoms with E-state index in [0.717, 1.165) is 19.4 Å². The average Bonchev–Trinajstić information content (AvgIpc) is 3.04. The van der Waals surface area contributed by atoms with Crippen LogP contribution < -0.4 is 5.32 Å². The summed E-state index contributed by atoms with van der Waals surface area (Å²) in [6.07, 6.45) is 1.83. The van der Waals surface area contributed by atoms with Crippen molar-refractivity contribution in [2.45, 2.75) is 25.8 Å². The van der Waals surface area contributed by atoms with Crippen molar-refractivity contribution in [1.82, 2.24) is 5.32 Å². The fourth-order valence-corrected chi connectivity index (χ4v) is 5.99. The predicted molar refractivity (Wildman–Crippen MR) is 89.6 cm³/mol. The first-order valence-electron chi connectivity index (χ1n) is 7.50. The number of sulfone groups is 1. The molecule has 0 aliphatic carbocycles. The number of rotatable bonds is 5. The van der Waals surface area contributed by atoms with Crippen molar-refractivity contribution in [3.05, 3.63) is 35.2 Å². The Morgan fingerprint density at radius 3 is 2.90 bits per heavy atom. The lowest BCUT2D eigenvalue weighted by molar-refractivity contribution is 0.395. The summed E-state index contributed by atoms with van der Waals surface area (Å²) < 4.78 is 24.9. The van der Waals surface area contributed by atoms with Gasteiger partial charge in [-0.05, 0) is 47.7 Å². The third-order valence-corrected chi connectivity index (χ3v) is 6.97. The van der Waals surface area contributed by atoms with Gasteiger partial charge in [-0.3, -0.25) is 0 Å². The van der Waals surface area contributed by atoms with Gasteiger partial charge in [0.1, 0.15) is 0 Å². The largest absolute Gasteiger partial charge is 0.310 e. The van der Waals surface area contributed by atoms with Gasteiger partial charge < -0.3 is 5.32 Å². The zero-order valence-corrected chi connectivity index (χ0v) is 13.8. The van der Waals surface area contributed by atoms with Gasteiger partial charge in [-0.1, -0.05) is 25.1 Å². The molecule has 1 N–H and O–H groups in total. The number of nitrogens with one attached hydrogen (secondary N) is 1. The molecule has 0 saturated carbocycles. The normalized spacial score (nSPS) is 22.6. The van der Waals surface area contributed by atoms with Crippen molar-refractivity contribution in [2.75, 3.05) is 18.1 Å². The Kier molecular flexibility index (Phi) is 4.33. The smallest absolute Gasteiger partial charge is 0.150 e. The van der Waals surface area contributed by atoms with Crippen LogP contribution in [0.3, 0.4) is 0 Å². The number of fused-ring (bicyclic) bond motifs is 1. The first-order valence-corrected chi connectivity index (χ1v) is 10.2. The average molecular weight is 323 g/mol. The van der Waals surface area contributed by atoms with Gasteiger partial charge >= 0.3 is 0 Å². The first-order chi connectivity index (χ1) is 10.1. The summed E-state index contributed by atoms with van der Waals surface area (Å²) in [5.74, 6) is 0.849. The van der Waals surface area contributed by atoms with E-state index in [1.165, 1.54) is 15.6 Å². The molecule has 2 unspecified atom stereocenters. The van der Waals surface area contributed by atoms with Crippen LogP contribution >= 0.6 is 11.3 Å². The van der Waals surface area contributed by atoms with Gasteiger partial charge in [0.2, 0.25) is 0 Å². The molecule has 2 heterocycles. The zero-order valence-electron chi connectivity index (χ0n) is 12.2. The molecule has 114 valence electrons. The second-order valence-electron chi connectivity index (χ2n) is 5.78. The topological polar surface area (TPSA) is 46.2 Å². The maximum Gasteiger partial charge on any atom is 0.150 e. The highest BCUT2D eigenvalue weighted by atomic mass is 32.2. The number of benzene rings is 1. The van der Waals surface area contributed by atoms with Crippen LogP contribution in [-0.2, 0) is 9.84 Å². The van der Waals surface area contributed by atoms with Gasteiger partial charge in [-0.15, -0.1) is 11.3 Å². The fourth-order valence-electron chi connectivity index (χ4n) is 3.16. The Bertz CT molecular complexity index is 721. The highest BCUT2D eigenvalue weighted by Gasteiger charge is 2.35. The summed E-state index contributed by atoms with van der Waals surface area (Å²) >= 11 is 1.74. The second kappa shape index (κ2) is 6.07. The minimum absolute atomic E-state index is 0.151. The van der Waals surface area contributed by atoms with E-state index in [2.05, 4.69) is 41.9 Å². The van der Waals surface area contributed by atoms with Crippen LogP contribution in [0.15, 0.2) is 29.6 Å². The number of thiophene rings is 1. The van der Waals surface area contributed by atoms with Crippen LogP contribution in [0.2, 0.25) is 0 Å². The Balaban J connectivity index is 1.95. The minimum Gasteiger partial charge on any atom is -0.310 e. The lowest BCUT2D eigenvalue weighted by atomic mass is 9.92. The van der Waals surface area contributed by atoms with Gasteiger partial charge in [0.25, 0.3) is 0 Å². The molecule has 0 spiro atoms. The second-order valence-corrected chi connectivity index (χ2v) is 8.92. The standard InChI is InChI=1S/C16H21NO2S2/c1-2-8-17-16(12-7-9-21(18,19)11-12)14-10-20-15-6-4-3-5-13(14)15/h3-6,10,12,16-17H,2,7-9,11H2,1H3. The zero-order chi connectivity index (χ0) is 14.9. The fraction of sp³-hybridized carbons (Fsp3) is 0.500. The summed E-state index contributed by atoms with van der Waals surface area (Å²) in [7, 11) is -2.85. The molecule has 1 aliphatic heterocycles. The van der Waals surface area contributed by atoms with Crippen LogP contribution in [0.25, 0.3) is 10.1 Å². The summed E-state index contributed by atoms with van der Waals surface area (Å²) in [5, 5.41) is 7.05. The molecule has 0 radical (unpaired) electrons. The molecule has 1 aliphatic rings. The van der Waals surface area contributed by atoms with Gasteiger partial charge in [-0.2, -0.15) is 0 Å². The highest BCUT2D eigenvalue weighted by Crippen LogP contribution is 2.37. The molecule has 0 amide bonds. The summed E-state index contributed by atoms with van der Waals surface area (Å²) in [6.45, 7) is 3.06. The van der Waals surface area contributed by atoms with Crippen LogP contribution in [-0.4, -0.2) is 26.5 Å². The molecular formula is C16H21NO2S2. The molecule has 0 bridgehead atoms. The molecule has 1 fully saturated rings. The van der Waals surface area contributed by atoms with Crippen LogP contribution in [0.5, 0.6) is 0 Å². The van der Waals surface area contributed by atoms with E-state index in [0.29, 0.717) is 11.5 Å². The molecule has 3 rings (SSSR count). The van der Waals surface area contributed by atoms with Crippen molar-refractivity contribution < 1.29 is 8.42 Å². The molecule has 3 nitrogen and oxygen atoms in total. The van der Waals surface area contributed by atoms with E-state index < -0.39 is 9.84 Å². The van der Waals surface area contributed by atoms with Crippen molar-refractivity contribution in [3.63, 3.8) is 0 Å². The maximum absolute atomic E-state index is 11.8. The third kappa shape index (κ3) is 3.15. The van der Waals surface area contributed by atoms with E-state index >= 15 is 0 Å². The molecule has 21 heavy (non-hydrogen) atoms. The molecule has 2 aromatic rings. The van der Waals surface area contributed by atoms with E-state index in [4.69, 9.17) is 0 Å². The number of hydrogen-bond acceptors (Lipinski definition) is 4. The minimum atomic E-state index is -2.85. The van der Waals surface area contributed by atoms with Crippen molar-refractivity contribution in [2.24, 2.45) is 5.92 Å². The highest BCUT2D eigenvalue weighted by molar-refractivity contribution is 7.91. The maximum atomic E-state index is 11.8. The molecule has 1 saturated heterocycles. The van der Waals surface area contributed by atoms with E-state index in [1.807, 2.05) is 0 Å². The molecule has 1 aromatic heterocycles. The van der Waals surface area contributed by atoms with Crippen LogP contribution in [0, 0.1) is 5.92 Å². The van der Waals surface area contributed by atoms with Gasteiger partial charge in [0.05, 0.1) is 11.5 Å². The lowest BCUT2D eigenvalue weighted by Gasteiger charge is -2.24. The van der Waals surface area contributed by atoms with Gasteiger partial charge in [-0.25, -0.2) is 8.42 Å². The number of hydrogen-bond donors (Lipinski definition) is 1. The quantitative estimate of drug-likeness (QED) is 0.917. The Morgan fingerprint density at radius 2 is 2.19 bits per heavy atom. The Morgan fingerprint density at radius 1 is 1.38 bits per heavy atom. The van der Waals surface area contributed by atoms with Gasteiger partial charge in [0.15, 0.2) is 9.84 Å². The van der Waals surface area contributed by atoms with E-state index in [9.17, 15) is 8.42 Å². The SMILES string of the molecule is CCCNC(c1csc2ccccc12)C1CCS(=O)(=O)C1. The van der Waals surface area contributed by atoms with E-state index in [-0.39, 0.29) is 12.0 Å². The lowest BCUT2D eigenvalue weighted by Crippen LogP contribution is -2.29. The monoisotopic (exact) mass is 323 g/mol. The van der Waals surface area contributed by atoms with Crippen molar-refractivity contribution in [3.8, 4) is 0 Å². The molecular weight excluding hydrogens is 302 g/mol. The summed E-state index contributed by atoms with van der Waals surface area (Å²) in [4.78, 5) is 0. The third-order valence-electron chi connectivity index (χ3n) is 4.20.